The van der Waals surface area contributed by atoms with Crippen LogP contribution in [-0.2, 0) is 16.6 Å². The molecule has 220 valence electrons. The molecule has 2 fully saturated rings. The highest BCUT2D eigenvalue weighted by Crippen LogP contribution is 2.66. The SMILES string of the molecule is O=C(Nc1ccc(-c2ccc(C(=O)O)cc2)cc1)C1=C(O)[C@@H]2Oc3c(O)ccc4c3[C@@]23CCN(CC2CC2)[C@H](C4)[C@]3(O)C1. The molecule has 0 radical (unpaired) electrons. The fraction of sp³-hybridized carbons (Fsp3) is 0.353. The van der Waals surface area contributed by atoms with Crippen LogP contribution in [0.1, 0.15) is 47.2 Å². The third-order valence-electron chi connectivity index (χ3n) is 10.4. The summed E-state index contributed by atoms with van der Waals surface area (Å²) in [6.45, 7) is 1.65. The molecule has 8 rings (SSSR count). The van der Waals surface area contributed by atoms with Crippen LogP contribution < -0.4 is 10.1 Å². The van der Waals surface area contributed by atoms with Gasteiger partial charge in [0.25, 0.3) is 5.91 Å². The Kier molecular flexibility index (Phi) is 5.55. The van der Waals surface area contributed by atoms with Crippen LogP contribution in [0.15, 0.2) is 72.0 Å². The zero-order chi connectivity index (χ0) is 29.7. The number of nitrogens with zero attached hydrogens (tertiary/aromatic N) is 1. The van der Waals surface area contributed by atoms with E-state index in [2.05, 4.69) is 10.2 Å². The number of hydrogen-bond acceptors (Lipinski definition) is 7. The van der Waals surface area contributed by atoms with Crippen LogP contribution in [0.3, 0.4) is 0 Å². The number of amides is 1. The van der Waals surface area contributed by atoms with Crippen LogP contribution in [0.2, 0.25) is 0 Å². The van der Waals surface area contributed by atoms with Gasteiger partial charge in [-0.3, -0.25) is 9.69 Å². The highest BCUT2D eigenvalue weighted by atomic mass is 16.5. The van der Waals surface area contributed by atoms with Crippen LogP contribution in [0.4, 0.5) is 5.69 Å². The molecule has 4 atom stereocenters. The average molecular weight is 581 g/mol. The Morgan fingerprint density at radius 3 is 2.35 bits per heavy atom. The number of aliphatic hydroxyl groups excluding tert-OH is 1. The van der Waals surface area contributed by atoms with Crippen molar-refractivity contribution in [3.63, 3.8) is 0 Å². The minimum absolute atomic E-state index is 0.0276. The second-order valence-electron chi connectivity index (χ2n) is 12.7. The smallest absolute Gasteiger partial charge is 0.335 e. The zero-order valence-corrected chi connectivity index (χ0v) is 23.4. The van der Waals surface area contributed by atoms with Crippen LogP contribution in [0, 0.1) is 5.92 Å². The summed E-state index contributed by atoms with van der Waals surface area (Å²) in [5.41, 5.74) is 1.96. The minimum Gasteiger partial charge on any atom is -0.508 e. The summed E-state index contributed by atoms with van der Waals surface area (Å²) in [6, 6.07) is 17.0. The van der Waals surface area contributed by atoms with Crippen LogP contribution in [-0.4, -0.2) is 68.0 Å². The number of carboxylic acid groups (broad SMARTS) is 1. The van der Waals surface area contributed by atoms with Gasteiger partial charge in [-0.05, 0) is 85.2 Å². The van der Waals surface area contributed by atoms with E-state index in [0.717, 1.165) is 35.3 Å². The average Bonchev–Trinajstić information content (AvgIpc) is 3.74. The first kappa shape index (κ1) is 26.3. The van der Waals surface area contributed by atoms with Gasteiger partial charge in [0.05, 0.1) is 22.2 Å². The maximum absolute atomic E-state index is 13.8. The number of likely N-dealkylation sites (tertiary alicyclic amines) is 1. The fourth-order valence-electron chi connectivity index (χ4n) is 8.13. The van der Waals surface area contributed by atoms with Crippen molar-refractivity contribution in [2.24, 2.45) is 5.92 Å². The molecule has 0 unspecified atom stereocenters. The molecule has 1 spiro atoms. The fourth-order valence-corrected chi connectivity index (χ4v) is 8.13. The Balaban J connectivity index is 1.12. The number of aliphatic hydroxyl groups is 2. The lowest BCUT2D eigenvalue weighted by atomic mass is 9.49. The van der Waals surface area contributed by atoms with E-state index in [1.807, 2.05) is 18.2 Å². The number of aromatic carboxylic acids is 1. The Bertz CT molecular complexity index is 1710. The third-order valence-corrected chi connectivity index (χ3v) is 10.4. The summed E-state index contributed by atoms with van der Waals surface area (Å²) in [5, 5.41) is 47.2. The first-order chi connectivity index (χ1) is 20.7. The van der Waals surface area contributed by atoms with Crippen LogP contribution >= 0.6 is 0 Å². The zero-order valence-electron chi connectivity index (χ0n) is 23.4. The van der Waals surface area contributed by atoms with Crippen molar-refractivity contribution in [3.8, 4) is 22.6 Å². The molecular weight excluding hydrogens is 548 g/mol. The largest absolute Gasteiger partial charge is 0.508 e. The van der Waals surface area contributed by atoms with E-state index in [1.165, 1.54) is 12.8 Å². The van der Waals surface area contributed by atoms with Crippen molar-refractivity contribution in [1.29, 1.82) is 0 Å². The van der Waals surface area contributed by atoms with Gasteiger partial charge in [0.1, 0.15) is 5.76 Å². The number of anilines is 1. The standard InChI is InChI=1S/C34H32N2O7/c37-25-12-9-22-15-26-34(42)16-24(28(38)30-33(34,27(22)29(25)43-30)13-14-36(26)17-18-1-2-18)31(39)35-23-10-7-20(8-11-23)19-3-5-21(6-4-19)32(40)41/h3-12,18,26,30,37-38,42H,1-2,13-17H2,(H,35,39)(H,40,41)/t26-,30+,33+,34-/m1/s1. The summed E-state index contributed by atoms with van der Waals surface area (Å²) in [4.78, 5) is 27.3. The molecule has 1 amide bonds. The van der Waals surface area contributed by atoms with E-state index >= 15 is 0 Å². The van der Waals surface area contributed by atoms with E-state index < -0.39 is 29.0 Å². The molecule has 0 aromatic heterocycles. The molecular formula is C34H32N2O7. The van der Waals surface area contributed by atoms with Gasteiger partial charge in [-0.15, -0.1) is 0 Å². The number of carboxylic acids is 1. The number of phenolic OH excluding ortho intramolecular Hbond substituents is 1. The second-order valence-corrected chi connectivity index (χ2v) is 12.7. The number of ether oxygens (including phenoxy) is 1. The van der Waals surface area contributed by atoms with Crippen molar-refractivity contribution in [1.82, 2.24) is 4.90 Å². The lowest BCUT2D eigenvalue weighted by Gasteiger charge is -2.62. The number of piperidine rings is 1. The van der Waals surface area contributed by atoms with E-state index in [1.54, 1.807) is 42.5 Å². The van der Waals surface area contributed by atoms with Crippen molar-refractivity contribution in [2.75, 3.05) is 18.4 Å². The predicted molar refractivity (Wildman–Crippen MR) is 157 cm³/mol. The maximum Gasteiger partial charge on any atom is 0.335 e. The number of carbonyl (C=O) groups excluding carboxylic acids is 1. The van der Waals surface area contributed by atoms with E-state index in [4.69, 9.17) is 9.84 Å². The van der Waals surface area contributed by atoms with Crippen molar-refractivity contribution >= 4 is 17.6 Å². The minimum atomic E-state index is -1.37. The van der Waals surface area contributed by atoms with Gasteiger partial charge in [-0.1, -0.05) is 30.3 Å². The normalized spacial score (nSPS) is 28.7. The molecule has 3 aromatic rings. The number of nitrogens with one attached hydrogen (secondary N) is 1. The first-order valence-electron chi connectivity index (χ1n) is 14.8. The van der Waals surface area contributed by atoms with Gasteiger partial charge >= 0.3 is 5.97 Å². The summed E-state index contributed by atoms with van der Waals surface area (Å²) >= 11 is 0. The number of hydrogen-bond donors (Lipinski definition) is 5. The second kappa shape index (κ2) is 9.08. The molecule has 1 saturated carbocycles. The summed E-state index contributed by atoms with van der Waals surface area (Å²) in [7, 11) is 0. The molecule has 9 nitrogen and oxygen atoms in total. The number of rotatable bonds is 6. The summed E-state index contributed by atoms with van der Waals surface area (Å²) in [6.07, 6.45) is 2.50. The van der Waals surface area contributed by atoms with E-state index in [-0.39, 0.29) is 35.1 Å². The molecule has 5 aliphatic rings. The topological polar surface area (TPSA) is 140 Å². The number of aromatic hydroxyl groups is 1. The number of phenols is 1. The number of benzene rings is 3. The third kappa shape index (κ3) is 3.71. The summed E-state index contributed by atoms with van der Waals surface area (Å²) < 4.78 is 6.28. The molecule has 5 N–H and O–H groups in total. The van der Waals surface area contributed by atoms with Crippen LogP contribution in [0.25, 0.3) is 11.1 Å². The molecule has 2 aliphatic heterocycles. The maximum atomic E-state index is 13.8. The first-order valence-corrected chi connectivity index (χ1v) is 14.8. The van der Waals surface area contributed by atoms with Gasteiger partial charge < -0.3 is 30.5 Å². The van der Waals surface area contributed by atoms with Crippen molar-refractivity contribution in [2.45, 2.75) is 55.3 Å². The van der Waals surface area contributed by atoms with E-state index in [0.29, 0.717) is 30.2 Å². The van der Waals surface area contributed by atoms with Gasteiger partial charge in [-0.25, -0.2) is 4.79 Å². The van der Waals surface area contributed by atoms with Crippen molar-refractivity contribution < 1.29 is 34.8 Å². The predicted octanol–water partition coefficient (Wildman–Crippen LogP) is 4.38. The Labute approximate surface area is 248 Å². The Hall–Kier alpha value is -4.34. The molecule has 1 saturated heterocycles. The molecule has 2 bridgehead atoms. The monoisotopic (exact) mass is 580 g/mol. The molecule has 3 aromatic carbocycles. The Morgan fingerprint density at radius 2 is 1.67 bits per heavy atom. The van der Waals surface area contributed by atoms with Gasteiger partial charge in [0.2, 0.25) is 0 Å². The molecule has 9 heteroatoms. The highest BCUT2D eigenvalue weighted by molar-refractivity contribution is 6.05. The van der Waals surface area contributed by atoms with Crippen LogP contribution in [0.5, 0.6) is 11.5 Å². The van der Waals surface area contributed by atoms with Crippen molar-refractivity contribution in [3.05, 3.63) is 88.7 Å². The highest BCUT2D eigenvalue weighted by Gasteiger charge is 2.73. The van der Waals surface area contributed by atoms with Gasteiger partial charge in [-0.2, -0.15) is 0 Å². The quantitative estimate of drug-likeness (QED) is 0.290. The molecule has 3 aliphatic carbocycles. The lowest BCUT2D eigenvalue weighted by Crippen LogP contribution is -2.75. The van der Waals surface area contributed by atoms with Gasteiger partial charge in [0.15, 0.2) is 17.6 Å². The molecule has 43 heavy (non-hydrogen) atoms. The molecule has 2 heterocycles. The number of carbonyl (C=O) groups is 2. The Morgan fingerprint density at radius 1 is 0.977 bits per heavy atom. The summed E-state index contributed by atoms with van der Waals surface area (Å²) in [5.74, 6) is -0.804. The van der Waals surface area contributed by atoms with Gasteiger partial charge in [0, 0.05) is 30.3 Å². The lowest BCUT2D eigenvalue weighted by molar-refractivity contribution is -0.172. The van der Waals surface area contributed by atoms with E-state index in [9.17, 15) is 24.9 Å².